The molecule has 2 rings (SSSR count). The summed E-state index contributed by atoms with van der Waals surface area (Å²) < 4.78 is 99.5. The second-order valence-electron chi connectivity index (χ2n) is 4.14. The van der Waals surface area contributed by atoms with Crippen molar-refractivity contribution in [2.45, 2.75) is 12.1 Å². The predicted molar refractivity (Wildman–Crippen MR) is 82.2 cm³/mol. The number of hydrogen-bond acceptors (Lipinski definition) is 3. The van der Waals surface area contributed by atoms with Crippen LogP contribution in [0.5, 0.6) is 0 Å². The number of aryl methyl sites for hydroxylation is 1. The molecule has 1 heterocycles. The molecule has 6 heteroatoms. The van der Waals surface area contributed by atoms with Crippen LogP contribution in [0.4, 0.5) is 0 Å². The maximum absolute atomic E-state index is 12.2. The van der Waals surface area contributed by atoms with Crippen LogP contribution in [0.1, 0.15) is 23.5 Å². The van der Waals surface area contributed by atoms with Crippen LogP contribution < -0.4 is 4.72 Å². The molecule has 110 valence electrons. The zero-order chi connectivity index (χ0) is 22.7. The molecule has 0 aliphatic heterocycles. The molecule has 0 fully saturated rings. The Morgan fingerprint density at radius 3 is 2.85 bits per heavy atom. The fourth-order valence-electron chi connectivity index (χ4n) is 1.44. The summed E-state index contributed by atoms with van der Waals surface area (Å²) in [5.41, 5.74) is -4.76. The lowest BCUT2D eigenvalue weighted by molar-refractivity contribution is 0.414. The van der Waals surface area contributed by atoms with Crippen LogP contribution in [-0.4, -0.2) is 45.9 Å². The average molecular weight is 304 g/mol. The van der Waals surface area contributed by atoms with Crippen molar-refractivity contribution in [3.8, 4) is 0 Å². The first-order chi connectivity index (χ1) is 13.0. The number of sulfonamides is 1. The van der Waals surface area contributed by atoms with Gasteiger partial charge in [-0.25, -0.2) is 13.1 Å². The topological polar surface area (TPSA) is 65.2 Å². The minimum absolute atomic E-state index is 0.185. The Balaban J connectivity index is 3.01. The molecule has 0 bridgehead atoms. The molecule has 1 aromatic heterocycles. The van der Waals surface area contributed by atoms with Gasteiger partial charge in [-0.3, -0.25) is 0 Å². The molecule has 0 aliphatic carbocycles. The number of aromatic amines is 1. The molecule has 5 nitrogen and oxygen atoms in total. The Labute approximate surface area is 132 Å². The predicted octanol–water partition coefficient (Wildman–Crippen LogP) is 1.32. The van der Waals surface area contributed by atoms with Gasteiger partial charge in [0.1, 0.15) is 0 Å². The highest BCUT2D eigenvalue weighted by Gasteiger charge is 2.11. The van der Waals surface area contributed by atoms with Gasteiger partial charge in [-0.2, -0.15) is 0 Å². The summed E-state index contributed by atoms with van der Waals surface area (Å²) in [5, 5.41) is -0.355. The maximum Gasteiger partial charge on any atom is 0.215 e. The number of benzene rings is 1. The lowest BCUT2D eigenvalue weighted by Crippen LogP contribution is -2.20. The van der Waals surface area contributed by atoms with E-state index in [0.717, 1.165) is 18.1 Å². The Bertz CT molecular complexity index is 1060. The molecule has 0 radical (unpaired) electrons. The van der Waals surface area contributed by atoms with Crippen molar-refractivity contribution in [3.63, 3.8) is 0 Å². The maximum atomic E-state index is 12.2. The zero-order valence-corrected chi connectivity index (χ0v) is 12.1. The highest BCUT2D eigenvalue weighted by molar-refractivity contribution is 7.88. The van der Waals surface area contributed by atoms with Crippen molar-refractivity contribution in [3.05, 3.63) is 35.5 Å². The van der Waals surface area contributed by atoms with Crippen LogP contribution in [-0.2, 0) is 22.1 Å². The second-order valence-corrected chi connectivity index (χ2v) is 5.76. The minimum Gasteiger partial charge on any atom is -0.361 e. The van der Waals surface area contributed by atoms with Gasteiger partial charge in [-0.1, -0.05) is 6.04 Å². The van der Waals surface area contributed by atoms with Gasteiger partial charge < -0.3 is 9.88 Å². The largest absolute Gasteiger partial charge is 0.361 e. The van der Waals surface area contributed by atoms with Crippen molar-refractivity contribution in [2.24, 2.45) is 0 Å². The Hall–Kier alpha value is -1.37. The first-order valence-electron chi connectivity index (χ1n) is 10.2. The molecule has 0 saturated heterocycles. The molecular weight excluding hydrogens is 274 g/mol. The highest BCUT2D eigenvalue weighted by atomic mass is 32.2. The molecule has 0 atom stereocenters. The van der Waals surface area contributed by atoms with Gasteiger partial charge in [0, 0.05) is 31.8 Å². The normalized spacial score (nSPS) is 21.1. The average Bonchev–Trinajstić information content (AvgIpc) is 3.05. The summed E-state index contributed by atoms with van der Waals surface area (Å²) in [7, 11) is -1.09. The summed E-state index contributed by atoms with van der Waals surface area (Å²) in [4.78, 5) is 3.53. The van der Waals surface area contributed by atoms with Crippen LogP contribution >= 0.6 is 0 Å². The molecule has 0 amide bonds. The molecule has 1 aromatic carbocycles. The van der Waals surface area contributed by atoms with Gasteiger partial charge in [0.05, 0.1) is 9.82 Å². The Kier molecular flexibility index (Phi) is 2.10. The minimum atomic E-state index is -4.68. The number of rotatable bonds is 6. The van der Waals surface area contributed by atoms with Crippen molar-refractivity contribution >= 4 is 20.9 Å². The van der Waals surface area contributed by atoms with E-state index < -0.39 is 52.3 Å². The monoisotopic (exact) mass is 304 g/mol. The summed E-state index contributed by atoms with van der Waals surface area (Å²) in [6.45, 7) is -2.56. The number of hydrogen-bond donors (Lipinski definition) is 2. The third kappa shape index (κ3) is 3.59. The SMILES string of the molecule is [2H]c1c(C([2H])([2H])S(=O)(=O)NC)c([2H])c2c(C([2H])([2H])C([2H])([2H])N(C)C)c[nH]c2c1[2H]. The second kappa shape index (κ2) is 5.95. The first kappa shape index (κ1) is 7.06. The number of likely N-dealkylation sites (N-methyl/N-ethyl adjacent to an activating group) is 1. The molecule has 0 saturated carbocycles. The number of fused-ring (bicyclic) bond motifs is 1. The number of nitrogens with one attached hydrogen (secondary N) is 2. The van der Waals surface area contributed by atoms with Gasteiger partial charge in [0.2, 0.25) is 10.0 Å². The standard InChI is InChI=1S/C14H21N3O2S/c1-15-20(18,19)10-11-4-5-14-13(8-11)12(9-16-14)6-7-17(2)3/h4-5,8-9,15-16H,6-7,10H2,1-3H3/i4D,5D,6D2,7D2,8D,10D2. The van der Waals surface area contributed by atoms with E-state index in [1.807, 2.05) is 0 Å². The van der Waals surface area contributed by atoms with Crippen molar-refractivity contribution < 1.29 is 20.8 Å². The van der Waals surface area contributed by atoms with Crippen LogP contribution in [0.3, 0.4) is 0 Å². The lowest BCUT2D eigenvalue weighted by atomic mass is 10.1. The summed E-state index contributed by atoms with van der Waals surface area (Å²) in [6, 6.07) is -2.27. The third-order valence-corrected chi connectivity index (χ3v) is 3.37. The van der Waals surface area contributed by atoms with E-state index in [2.05, 4.69) is 4.98 Å². The van der Waals surface area contributed by atoms with Gasteiger partial charge >= 0.3 is 0 Å². The van der Waals surface area contributed by atoms with Gasteiger partial charge in [-0.05, 0) is 50.7 Å². The Morgan fingerprint density at radius 1 is 1.45 bits per heavy atom. The molecule has 20 heavy (non-hydrogen) atoms. The van der Waals surface area contributed by atoms with E-state index in [9.17, 15) is 8.42 Å². The molecule has 0 unspecified atom stereocenters. The highest BCUT2D eigenvalue weighted by Crippen LogP contribution is 2.21. The van der Waals surface area contributed by atoms with Crippen LogP contribution in [0.15, 0.2) is 24.3 Å². The smallest absolute Gasteiger partial charge is 0.215 e. The third-order valence-electron chi connectivity index (χ3n) is 2.36. The molecule has 0 spiro atoms. The molecule has 2 N–H and O–H groups in total. The number of nitrogens with zero attached hydrogens (tertiary/aromatic N) is 1. The summed E-state index contributed by atoms with van der Waals surface area (Å²) >= 11 is 0. The van der Waals surface area contributed by atoms with E-state index in [4.69, 9.17) is 12.3 Å². The quantitative estimate of drug-likeness (QED) is 0.846. The summed E-state index contributed by atoms with van der Waals surface area (Å²) in [5.74, 6) is 0. The van der Waals surface area contributed by atoms with Crippen molar-refractivity contribution in [2.75, 3.05) is 27.6 Å². The number of aromatic nitrogens is 1. The van der Waals surface area contributed by atoms with Crippen LogP contribution in [0.2, 0.25) is 0 Å². The van der Waals surface area contributed by atoms with E-state index in [0.29, 0.717) is 0 Å². The first-order valence-corrected chi connectivity index (χ1v) is 7.17. The fourth-order valence-corrected chi connectivity index (χ4v) is 1.91. The fraction of sp³-hybridized carbons (Fsp3) is 0.429. The van der Waals surface area contributed by atoms with Crippen molar-refractivity contribution in [1.82, 2.24) is 14.6 Å². The molecule has 0 aliphatic rings. The van der Waals surface area contributed by atoms with E-state index >= 15 is 0 Å². The van der Waals surface area contributed by atoms with E-state index in [-0.39, 0.29) is 16.5 Å². The van der Waals surface area contributed by atoms with Crippen LogP contribution in [0, 0.1) is 0 Å². The Morgan fingerprint density at radius 2 is 2.20 bits per heavy atom. The van der Waals surface area contributed by atoms with Gasteiger partial charge in [0.25, 0.3) is 0 Å². The van der Waals surface area contributed by atoms with E-state index in [1.54, 1.807) is 4.72 Å². The lowest BCUT2D eigenvalue weighted by Gasteiger charge is -2.08. The summed E-state index contributed by atoms with van der Waals surface area (Å²) in [6.07, 6.45) is -1.68. The number of H-pyrrole nitrogens is 1. The van der Waals surface area contributed by atoms with Gasteiger partial charge in [-0.15, -0.1) is 0 Å². The van der Waals surface area contributed by atoms with Crippen LogP contribution in [0.25, 0.3) is 10.9 Å². The zero-order valence-electron chi connectivity index (χ0n) is 20.2. The van der Waals surface area contributed by atoms with Gasteiger partial charge in [0.15, 0.2) is 0 Å². The molecular formula is C14H21N3O2S. The molecule has 2 aromatic rings. The van der Waals surface area contributed by atoms with Crippen molar-refractivity contribution in [1.29, 1.82) is 0 Å². The van der Waals surface area contributed by atoms with E-state index in [1.165, 1.54) is 14.1 Å².